The Hall–Kier alpha value is -1.72. The summed E-state index contributed by atoms with van der Waals surface area (Å²) in [5, 5.41) is 4.43. The standard InChI is InChI=1S/C14H23N3O3/c1-6-11-10-9-17(13(18)20-14(2,3)4)7-8-19-12(10)16(5)15-11/h6-9H2,1-5H3. The molecule has 6 nitrogen and oxygen atoms in total. The van der Waals surface area contributed by atoms with Crippen molar-refractivity contribution >= 4 is 6.09 Å². The van der Waals surface area contributed by atoms with Gasteiger partial charge in [0.2, 0.25) is 5.88 Å². The molecular formula is C14H23N3O3. The highest BCUT2D eigenvalue weighted by Gasteiger charge is 2.28. The van der Waals surface area contributed by atoms with E-state index in [9.17, 15) is 4.79 Å². The fraction of sp³-hybridized carbons (Fsp3) is 0.714. The Labute approximate surface area is 119 Å². The molecule has 0 fully saturated rings. The van der Waals surface area contributed by atoms with E-state index in [2.05, 4.69) is 5.10 Å². The molecule has 0 atom stereocenters. The third-order valence-electron chi connectivity index (χ3n) is 3.11. The van der Waals surface area contributed by atoms with Gasteiger partial charge in [0.15, 0.2) is 0 Å². The van der Waals surface area contributed by atoms with Gasteiger partial charge in [-0.2, -0.15) is 5.10 Å². The predicted octanol–water partition coefficient (Wildman–Crippen LogP) is 2.11. The van der Waals surface area contributed by atoms with Crippen molar-refractivity contribution < 1.29 is 14.3 Å². The number of aromatic nitrogens is 2. The first kappa shape index (κ1) is 14.7. The second-order valence-electron chi connectivity index (χ2n) is 5.96. The SMILES string of the molecule is CCc1nn(C)c2c1CN(C(=O)OC(C)(C)C)CCO2. The number of hydrogen-bond acceptors (Lipinski definition) is 4. The summed E-state index contributed by atoms with van der Waals surface area (Å²) >= 11 is 0. The molecule has 0 N–H and O–H groups in total. The molecule has 112 valence electrons. The smallest absolute Gasteiger partial charge is 0.410 e. The molecule has 1 amide bonds. The van der Waals surface area contributed by atoms with Crippen LogP contribution in [0.3, 0.4) is 0 Å². The Morgan fingerprint density at radius 1 is 1.45 bits per heavy atom. The summed E-state index contributed by atoms with van der Waals surface area (Å²) in [6, 6.07) is 0. The highest BCUT2D eigenvalue weighted by atomic mass is 16.6. The first-order valence-electron chi connectivity index (χ1n) is 6.97. The van der Waals surface area contributed by atoms with Crippen LogP contribution in [0, 0.1) is 0 Å². The third kappa shape index (κ3) is 3.05. The van der Waals surface area contributed by atoms with Crippen molar-refractivity contribution in [2.45, 2.75) is 46.3 Å². The van der Waals surface area contributed by atoms with Gasteiger partial charge in [0.05, 0.1) is 24.3 Å². The second kappa shape index (κ2) is 5.34. The normalized spacial score (nSPS) is 15.3. The van der Waals surface area contributed by atoms with E-state index in [4.69, 9.17) is 9.47 Å². The van der Waals surface area contributed by atoms with Gasteiger partial charge in [0.25, 0.3) is 0 Å². The summed E-state index contributed by atoms with van der Waals surface area (Å²) in [4.78, 5) is 13.9. The maximum Gasteiger partial charge on any atom is 0.410 e. The van der Waals surface area contributed by atoms with Crippen molar-refractivity contribution in [1.82, 2.24) is 14.7 Å². The van der Waals surface area contributed by atoms with Crippen molar-refractivity contribution in [1.29, 1.82) is 0 Å². The van der Waals surface area contributed by atoms with Crippen LogP contribution < -0.4 is 4.74 Å². The van der Waals surface area contributed by atoms with Crippen LogP contribution in [-0.4, -0.2) is 39.5 Å². The van der Waals surface area contributed by atoms with Gasteiger partial charge in [-0.25, -0.2) is 9.48 Å². The molecule has 0 aromatic carbocycles. The monoisotopic (exact) mass is 281 g/mol. The van der Waals surface area contributed by atoms with Crippen LogP contribution in [0.4, 0.5) is 4.79 Å². The molecule has 0 saturated heterocycles. The molecule has 2 rings (SSSR count). The number of fused-ring (bicyclic) bond motifs is 1. The summed E-state index contributed by atoms with van der Waals surface area (Å²) < 4.78 is 12.9. The maximum atomic E-state index is 12.2. The molecule has 0 bridgehead atoms. The molecule has 0 spiro atoms. The summed E-state index contributed by atoms with van der Waals surface area (Å²) in [6.07, 6.45) is 0.508. The first-order valence-corrected chi connectivity index (χ1v) is 6.97. The zero-order chi connectivity index (χ0) is 14.9. The van der Waals surface area contributed by atoms with E-state index < -0.39 is 5.60 Å². The number of nitrogens with zero attached hydrogens (tertiary/aromatic N) is 3. The van der Waals surface area contributed by atoms with Crippen LogP contribution in [-0.2, 0) is 24.8 Å². The lowest BCUT2D eigenvalue weighted by molar-refractivity contribution is 0.0224. The number of carbonyl (C=O) groups is 1. The molecule has 0 unspecified atom stereocenters. The van der Waals surface area contributed by atoms with Gasteiger partial charge in [-0.1, -0.05) is 6.92 Å². The summed E-state index contributed by atoms with van der Waals surface area (Å²) in [7, 11) is 1.86. The van der Waals surface area contributed by atoms with Crippen molar-refractivity contribution in [3.8, 4) is 5.88 Å². The number of ether oxygens (including phenoxy) is 2. The Morgan fingerprint density at radius 2 is 2.15 bits per heavy atom. The molecule has 1 aliphatic heterocycles. The molecule has 6 heteroatoms. The highest BCUT2D eigenvalue weighted by Crippen LogP contribution is 2.27. The van der Waals surface area contributed by atoms with E-state index in [1.807, 2.05) is 34.7 Å². The molecular weight excluding hydrogens is 258 g/mol. The molecule has 1 aromatic heterocycles. The van der Waals surface area contributed by atoms with Gasteiger partial charge in [0.1, 0.15) is 12.2 Å². The fourth-order valence-electron chi connectivity index (χ4n) is 2.23. The fourth-order valence-corrected chi connectivity index (χ4v) is 2.23. The largest absolute Gasteiger partial charge is 0.476 e. The average molecular weight is 281 g/mol. The quantitative estimate of drug-likeness (QED) is 0.791. The molecule has 0 aliphatic carbocycles. The van der Waals surface area contributed by atoms with E-state index in [1.165, 1.54) is 0 Å². The number of carbonyl (C=O) groups excluding carboxylic acids is 1. The Morgan fingerprint density at radius 3 is 2.75 bits per heavy atom. The second-order valence-corrected chi connectivity index (χ2v) is 5.96. The zero-order valence-electron chi connectivity index (χ0n) is 12.9. The lowest BCUT2D eigenvalue weighted by atomic mass is 10.2. The summed E-state index contributed by atoms with van der Waals surface area (Å²) in [6.45, 7) is 9.11. The number of amides is 1. The minimum absolute atomic E-state index is 0.306. The van der Waals surface area contributed by atoms with Crippen LogP contribution in [0.2, 0.25) is 0 Å². The molecule has 0 radical (unpaired) electrons. The molecule has 0 saturated carbocycles. The minimum atomic E-state index is -0.490. The van der Waals surface area contributed by atoms with Crippen LogP contribution in [0.15, 0.2) is 0 Å². The van der Waals surface area contributed by atoms with Crippen LogP contribution >= 0.6 is 0 Å². The van der Waals surface area contributed by atoms with Gasteiger partial charge in [0, 0.05) is 7.05 Å². The van der Waals surface area contributed by atoms with Gasteiger partial charge >= 0.3 is 6.09 Å². The lowest BCUT2D eigenvalue weighted by Crippen LogP contribution is -2.37. The zero-order valence-corrected chi connectivity index (χ0v) is 12.9. The third-order valence-corrected chi connectivity index (χ3v) is 3.11. The van der Waals surface area contributed by atoms with Crippen molar-refractivity contribution in [2.24, 2.45) is 7.05 Å². The average Bonchev–Trinajstić information content (AvgIpc) is 2.52. The van der Waals surface area contributed by atoms with E-state index >= 15 is 0 Å². The van der Waals surface area contributed by atoms with Crippen molar-refractivity contribution in [3.63, 3.8) is 0 Å². The van der Waals surface area contributed by atoms with Gasteiger partial charge in [-0.15, -0.1) is 0 Å². The highest BCUT2D eigenvalue weighted by molar-refractivity contribution is 5.68. The molecule has 20 heavy (non-hydrogen) atoms. The number of hydrogen-bond donors (Lipinski definition) is 0. The number of aryl methyl sites for hydroxylation is 2. The predicted molar refractivity (Wildman–Crippen MR) is 74.7 cm³/mol. The van der Waals surface area contributed by atoms with Gasteiger partial charge in [-0.05, 0) is 27.2 Å². The Kier molecular flexibility index (Phi) is 3.92. The van der Waals surface area contributed by atoms with E-state index in [0.717, 1.165) is 23.6 Å². The molecule has 2 heterocycles. The van der Waals surface area contributed by atoms with E-state index in [-0.39, 0.29) is 6.09 Å². The van der Waals surface area contributed by atoms with Gasteiger partial charge < -0.3 is 14.4 Å². The van der Waals surface area contributed by atoms with Crippen LogP contribution in [0.1, 0.15) is 39.0 Å². The minimum Gasteiger partial charge on any atom is -0.476 e. The topological polar surface area (TPSA) is 56.6 Å². The summed E-state index contributed by atoms with van der Waals surface area (Å²) in [5.74, 6) is 0.757. The molecule has 1 aliphatic rings. The van der Waals surface area contributed by atoms with Crippen LogP contribution in [0.25, 0.3) is 0 Å². The molecule has 1 aromatic rings. The first-order chi connectivity index (χ1) is 9.31. The Balaban J connectivity index is 2.21. The van der Waals surface area contributed by atoms with Crippen molar-refractivity contribution in [2.75, 3.05) is 13.2 Å². The van der Waals surface area contributed by atoms with Crippen molar-refractivity contribution in [3.05, 3.63) is 11.3 Å². The van der Waals surface area contributed by atoms with E-state index in [0.29, 0.717) is 19.7 Å². The maximum absolute atomic E-state index is 12.2. The number of rotatable bonds is 1. The van der Waals surface area contributed by atoms with Crippen LogP contribution in [0.5, 0.6) is 5.88 Å². The lowest BCUT2D eigenvalue weighted by Gasteiger charge is -2.26. The van der Waals surface area contributed by atoms with E-state index in [1.54, 1.807) is 9.58 Å². The summed E-state index contributed by atoms with van der Waals surface area (Å²) in [5.41, 5.74) is 1.46. The Bertz CT molecular complexity index is 502. The van der Waals surface area contributed by atoms with Gasteiger partial charge in [-0.3, -0.25) is 0 Å².